The Labute approximate surface area is 67.7 Å². The van der Waals surface area contributed by atoms with Crippen LogP contribution >= 0.6 is 15.9 Å². The largest absolute Gasteiger partial charge is 0.454 e. The second-order valence-corrected chi connectivity index (χ2v) is 3.21. The average molecular weight is 202 g/mol. The number of halogens is 1. The highest BCUT2D eigenvalue weighted by atomic mass is 79.9. The van der Waals surface area contributed by atoms with Crippen LogP contribution in [0.3, 0.4) is 0 Å². The molecule has 54 valence electrons. The Balaban J connectivity index is 2.41. The van der Waals surface area contributed by atoms with Gasteiger partial charge in [0.1, 0.15) is 5.76 Å². The minimum Gasteiger partial charge on any atom is -0.454 e. The molecule has 2 heterocycles. The zero-order chi connectivity index (χ0) is 6.97. The van der Waals surface area contributed by atoms with E-state index < -0.39 is 0 Å². The smallest absolute Gasteiger partial charge is 0.169 e. The van der Waals surface area contributed by atoms with Crippen molar-refractivity contribution >= 4 is 15.9 Å². The number of furan rings is 1. The van der Waals surface area contributed by atoms with E-state index in [-0.39, 0.29) is 0 Å². The molecule has 3 heteroatoms. The van der Waals surface area contributed by atoms with E-state index in [9.17, 15) is 0 Å². The summed E-state index contributed by atoms with van der Waals surface area (Å²) in [5.74, 6) is 1.13. The summed E-state index contributed by atoms with van der Waals surface area (Å²) in [4.78, 5) is 0. The molecule has 0 fully saturated rings. The third kappa shape index (κ3) is 0.995. The molecule has 1 aliphatic heterocycles. The summed E-state index contributed by atoms with van der Waals surface area (Å²) < 4.78 is 6.23. The molecule has 0 unspecified atom stereocenters. The molecule has 0 saturated carbocycles. The molecular weight excluding hydrogens is 194 g/mol. The number of fused-ring (bicyclic) bond motifs is 1. The Morgan fingerprint density at radius 3 is 3.30 bits per heavy atom. The zero-order valence-electron chi connectivity index (χ0n) is 5.48. The van der Waals surface area contributed by atoms with Crippen LogP contribution in [0.2, 0.25) is 0 Å². The van der Waals surface area contributed by atoms with Gasteiger partial charge in [-0.25, -0.2) is 0 Å². The fourth-order valence-corrected chi connectivity index (χ4v) is 1.69. The highest BCUT2D eigenvalue weighted by Crippen LogP contribution is 2.22. The summed E-state index contributed by atoms with van der Waals surface area (Å²) in [6.45, 7) is 1.98. The Bertz CT molecular complexity index is 220. The maximum atomic E-state index is 5.38. The fourth-order valence-electron chi connectivity index (χ4n) is 1.22. The summed E-state index contributed by atoms with van der Waals surface area (Å²) in [5, 5.41) is 3.27. The van der Waals surface area contributed by atoms with Crippen molar-refractivity contribution in [3.63, 3.8) is 0 Å². The molecular formula is C7H8BrNO. The van der Waals surface area contributed by atoms with Gasteiger partial charge in [-0.3, -0.25) is 0 Å². The van der Waals surface area contributed by atoms with Gasteiger partial charge in [0, 0.05) is 25.1 Å². The summed E-state index contributed by atoms with van der Waals surface area (Å²) in [5.41, 5.74) is 1.29. The second kappa shape index (κ2) is 2.40. The molecule has 0 spiro atoms. The minimum atomic E-state index is 0.848. The Morgan fingerprint density at radius 2 is 2.50 bits per heavy atom. The van der Waals surface area contributed by atoms with E-state index in [1.165, 1.54) is 5.56 Å². The molecule has 1 aliphatic rings. The van der Waals surface area contributed by atoms with Crippen molar-refractivity contribution in [1.82, 2.24) is 5.32 Å². The topological polar surface area (TPSA) is 25.2 Å². The van der Waals surface area contributed by atoms with Crippen molar-refractivity contribution in [3.05, 3.63) is 22.1 Å². The van der Waals surface area contributed by atoms with Gasteiger partial charge in [0.15, 0.2) is 4.67 Å². The molecule has 1 aromatic heterocycles. The number of hydrogen-bond acceptors (Lipinski definition) is 2. The van der Waals surface area contributed by atoms with Crippen molar-refractivity contribution in [2.45, 2.75) is 13.0 Å². The Kier molecular flexibility index (Phi) is 1.54. The van der Waals surface area contributed by atoms with Gasteiger partial charge in [-0.1, -0.05) is 0 Å². The lowest BCUT2D eigenvalue weighted by atomic mass is 10.1. The van der Waals surface area contributed by atoms with E-state index in [0.717, 1.165) is 29.9 Å². The molecule has 0 radical (unpaired) electrons. The van der Waals surface area contributed by atoms with Gasteiger partial charge in [-0.05, 0) is 22.0 Å². The molecule has 0 atom stereocenters. The first kappa shape index (κ1) is 6.43. The molecule has 2 rings (SSSR count). The average Bonchev–Trinajstić information content (AvgIpc) is 2.27. The third-order valence-corrected chi connectivity index (χ3v) is 2.10. The van der Waals surface area contributed by atoms with E-state index >= 15 is 0 Å². The van der Waals surface area contributed by atoms with Gasteiger partial charge in [0.25, 0.3) is 0 Å². The van der Waals surface area contributed by atoms with E-state index in [1.807, 2.05) is 6.07 Å². The Hall–Kier alpha value is -0.280. The molecule has 0 amide bonds. The monoisotopic (exact) mass is 201 g/mol. The van der Waals surface area contributed by atoms with Crippen LogP contribution in [0.25, 0.3) is 0 Å². The minimum absolute atomic E-state index is 0.848. The standard InChI is InChI=1S/C7H8BrNO/c8-7-3-5-4-9-2-1-6(5)10-7/h3,9H,1-2,4H2. The number of rotatable bonds is 0. The van der Waals surface area contributed by atoms with Crippen molar-refractivity contribution < 1.29 is 4.42 Å². The van der Waals surface area contributed by atoms with Crippen LogP contribution in [-0.4, -0.2) is 6.54 Å². The lowest BCUT2D eigenvalue weighted by molar-refractivity contribution is 0.459. The molecule has 2 nitrogen and oxygen atoms in total. The van der Waals surface area contributed by atoms with Crippen molar-refractivity contribution in [2.24, 2.45) is 0 Å². The van der Waals surface area contributed by atoms with Crippen LogP contribution in [0.1, 0.15) is 11.3 Å². The van der Waals surface area contributed by atoms with Crippen LogP contribution in [0, 0.1) is 0 Å². The number of nitrogens with one attached hydrogen (secondary N) is 1. The van der Waals surface area contributed by atoms with Crippen molar-refractivity contribution in [1.29, 1.82) is 0 Å². The Morgan fingerprint density at radius 1 is 1.60 bits per heavy atom. The molecule has 0 aromatic carbocycles. The highest BCUT2D eigenvalue weighted by Gasteiger charge is 2.12. The third-order valence-electron chi connectivity index (χ3n) is 1.71. The van der Waals surface area contributed by atoms with Crippen LogP contribution < -0.4 is 5.32 Å². The quantitative estimate of drug-likeness (QED) is 0.692. The molecule has 1 aromatic rings. The first-order valence-electron chi connectivity index (χ1n) is 3.34. The summed E-state index contributed by atoms with van der Waals surface area (Å²) >= 11 is 3.30. The normalized spacial score (nSPS) is 16.9. The molecule has 1 N–H and O–H groups in total. The maximum absolute atomic E-state index is 5.38. The summed E-state index contributed by atoms with van der Waals surface area (Å²) in [7, 11) is 0. The lowest BCUT2D eigenvalue weighted by Gasteiger charge is -2.09. The molecule has 0 aliphatic carbocycles. The van der Waals surface area contributed by atoms with Gasteiger partial charge in [-0.2, -0.15) is 0 Å². The molecule has 0 saturated heterocycles. The first-order chi connectivity index (χ1) is 4.86. The van der Waals surface area contributed by atoms with Crippen LogP contribution in [-0.2, 0) is 13.0 Å². The van der Waals surface area contributed by atoms with Gasteiger partial charge in [0.05, 0.1) is 0 Å². The van der Waals surface area contributed by atoms with E-state index in [2.05, 4.69) is 21.2 Å². The van der Waals surface area contributed by atoms with Crippen LogP contribution in [0.5, 0.6) is 0 Å². The SMILES string of the molecule is Brc1cc2c(o1)CCNC2. The predicted molar refractivity (Wildman–Crippen MR) is 41.8 cm³/mol. The van der Waals surface area contributed by atoms with Gasteiger partial charge >= 0.3 is 0 Å². The van der Waals surface area contributed by atoms with Crippen LogP contribution in [0.15, 0.2) is 15.2 Å². The molecule has 0 bridgehead atoms. The first-order valence-corrected chi connectivity index (χ1v) is 4.13. The van der Waals surface area contributed by atoms with E-state index in [1.54, 1.807) is 0 Å². The van der Waals surface area contributed by atoms with Gasteiger partial charge < -0.3 is 9.73 Å². The van der Waals surface area contributed by atoms with Crippen molar-refractivity contribution in [3.8, 4) is 0 Å². The second-order valence-electron chi connectivity index (χ2n) is 2.43. The maximum Gasteiger partial charge on any atom is 0.169 e. The van der Waals surface area contributed by atoms with E-state index in [0.29, 0.717) is 0 Å². The predicted octanol–water partition coefficient (Wildman–Crippen LogP) is 1.69. The van der Waals surface area contributed by atoms with Gasteiger partial charge in [-0.15, -0.1) is 0 Å². The summed E-state index contributed by atoms with van der Waals surface area (Å²) in [6.07, 6.45) is 1.01. The molecule has 10 heavy (non-hydrogen) atoms. The highest BCUT2D eigenvalue weighted by molar-refractivity contribution is 9.10. The van der Waals surface area contributed by atoms with Crippen LogP contribution in [0.4, 0.5) is 0 Å². The van der Waals surface area contributed by atoms with E-state index in [4.69, 9.17) is 4.42 Å². The summed E-state index contributed by atoms with van der Waals surface area (Å²) in [6, 6.07) is 2.03. The fraction of sp³-hybridized carbons (Fsp3) is 0.429. The zero-order valence-corrected chi connectivity index (χ0v) is 7.07. The lowest BCUT2D eigenvalue weighted by Crippen LogP contribution is -2.22. The number of hydrogen-bond donors (Lipinski definition) is 1. The van der Waals surface area contributed by atoms with Gasteiger partial charge in [0.2, 0.25) is 0 Å². The van der Waals surface area contributed by atoms with Crippen molar-refractivity contribution in [2.75, 3.05) is 6.54 Å².